The predicted octanol–water partition coefficient (Wildman–Crippen LogP) is 2.08. The van der Waals surface area contributed by atoms with Crippen molar-refractivity contribution in [2.24, 2.45) is 0 Å². The van der Waals surface area contributed by atoms with Gasteiger partial charge in [-0.2, -0.15) is 0 Å². The Morgan fingerprint density at radius 1 is 1.00 bits per heavy atom. The van der Waals surface area contributed by atoms with Crippen LogP contribution in [0.15, 0.2) is 30.3 Å². The van der Waals surface area contributed by atoms with Gasteiger partial charge >= 0.3 is 5.97 Å². The Balaban J connectivity index is 1.89. The Morgan fingerprint density at radius 2 is 1.72 bits per heavy atom. The summed E-state index contributed by atoms with van der Waals surface area (Å²) in [6, 6.07) is 8.82. The van der Waals surface area contributed by atoms with Crippen LogP contribution in [0.5, 0.6) is 0 Å². The molecule has 1 aromatic rings. The van der Waals surface area contributed by atoms with E-state index in [2.05, 4.69) is 10.6 Å². The van der Waals surface area contributed by atoms with E-state index in [0.29, 0.717) is 38.6 Å². The molecule has 136 valence electrons. The van der Waals surface area contributed by atoms with Gasteiger partial charge in [0.1, 0.15) is 12.6 Å². The number of rotatable bonds is 3. The number of benzene rings is 1. The number of nitrogens with one attached hydrogen (secondary N) is 2. The number of hydrogen-bond donors (Lipinski definition) is 2. The molecule has 1 aliphatic heterocycles. The average molecular weight is 346 g/mol. The third kappa shape index (κ3) is 7.37. The molecule has 0 aromatic heterocycles. The summed E-state index contributed by atoms with van der Waals surface area (Å²) in [6.07, 6.45) is 4.06. The van der Waals surface area contributed by atoms with Crippen molar-refractivity contribution in [2.45, 2.75) is 57.6 Å². The van der Waals surface area contributed by atoms with Gasteiger partial charge in [0.05, 0.1) is 0 Å². The third-order valence-corrected chi connectivity index (χ3v) is 4.14. The van der Waals surface area contributed by atoms with Crippen LogP contribution < -0.4 is 10.6 Å². The minimum absolute atomic E-state index is 0.0264. The molecule has 0 unspecified atom stereocenters. The monoisotopic (exact) mass is 346 g/mol. The number of hydrogen-bond acceptors (Lipinski definition) is 4. The topological polar surface area (TPSA) is 84.5 Å². The highest BCUT2D eigenvalue weighted by Gasteiger charge is 2.22. The van der Waals surface area contributed by atoms with E-state index in [-0.39, 0.29) is 18.4 Å². The lowest BCUT2D eigenvalue weighted by molar-refractivity contribution is -0.149. The number of esters is 1. The summed E-state index contributed by atoms with van der Waals surface area (Å²) in [4.78, 5) is 36.0. The Labute approximate surface area is 148 Å². The highest BCUT2D eigenvalue weighted by atomic mass is 16.5. The van der Waals surface area contributed by atoms with Crippen LogP contribution in [0, 0.1) is 0 Å². The van der Waals surface area contributed by atoms with Crippen LogP contribution in [0.3, 0.4) is 0 Å². The number of ether oxygens (including phenoxy) is 1. The van der Waals surface area contributed by atoms with E-state index < -0.39 is 12.0 Å². The summed E-state index contributed by atoms with van der Waals surface area (Å²) in [7, 11) is 0. The molecule has 0 saturated carbocycles. The molecule has 0 radical (unpaired) electrons. The summed E-state index contributed by atoms with van der Waals surface area (Å²) < 4.78 is 5.36. The van der Waals surface area contributed by atoms with Gasteiger partial charge in [0, 0.05) is 19.4 Å². The standard InChI is InChI=1S/C19H26N2O4/c22-17-11-4-5-12-18(23)21-16(10-6-7-13-20-17)19(24)25-14-15-8-2-1-3-9-15/h1-3,8-9,16H,4-7,10-14H2,(H,20,22)(H,21,23)/t16-/m0/s1. The minimum Gasteiger partial charge on any atom is -0.459 e. The highest BCUT2D eigenvalue weighted by Crippen LogP contribution is 2.09. The molecule has 0 spiro atoms. The van der Waals surface area contributed by atoms with Gasteiger partial charge in [-0.1, -0.05) is 30.3 Å². The van der Waals surface area contributed by atoms with E-state index in [1.54, 1.807) is 0 Å². The van der Waals surface area contributed by atoms with Crippen molar-refractivity contribution in [3.63, 3.8) is 0 Å². The number of carbonyl (C=O) groups is 3. The fourth-order valence-electron chi connectivity index (χ4n) is 2.71. The maximum absolute atomic E-state index is 12.3. The van der Waals surface area contributed by atoms with Gasteiger partial charge in [-0.15, -0.1) is 0 Å². The lowest BCUT2D eigenvalue weighted by Gasteiger charge is -2.17. The lowest BCUT2D eigenvalue weighted by atomic mass is 10.1. The molecule has 2 N–H and O–H groups in total. The molecule has 2 amide bonds. The summed E-state index contributed by atoms with van der Waals surface area (Å²) in [5, 5.41) is 5.65. The second-order valence-electron chi connectivity index (χ2n) is 6.27. The molecule has 6 heteroatoms. The molecule has 25 heavy (non-hydrogen) atoms. The van der Waals surface area contributed by atoms with Crippen LogP contribution in [0.2, 0.25) is 0 Å². The fourth-order valence-corrected chi connectivity index (χ4v) is 2.71. The summed E-state index contributed by atoms with van der Waals surface area (Å²) in [5.74, 6) is -0.545. The zero-order chi connectivity index (χ0) is 17.9. The van der Waals surface area contributed by atoms with Crippen LogP contribution in [-0.4, -0.2) is 30.4 Å². The van der Waals surface area contributed by atoms with Crippen molar-refractivity contribution >= 4 is 17.8 Å². The van der Waals surface area contributed by atoms with E-state index in [4.69, 9.17) is 4.74 Å². The van der Waals surface area contributed by atoms with Crippen LogP contribution in [0.1, 0.15) is 50.5 Å². The lowest BCUT2D eigenvalue weighted by Crippen LogP contribution is -2.41. The van der Waals surface area contributed by atoms with Gasteiger partial charge in [0.2, 0.25) is 11.8 Å². The van der Waals surface area contributed by atoms with Gasteiger partial charge in [-0.25, -0.2) is 4.79 Å². The molecule has 1 atom stereocenters. The van der Waals surface area contributed by atoms with Crippen LogP contribution in [0.25, 0.3) is 0 Å². The van der Waals surface area contributed by atoms with Gasteiger partial charge in [-0.05, 0) is 37.7 Å². The van der Waals surface area contributed by atoms with Crippen molar-refractivity contribution in [2.75, 3.05) is 6.54 Å². The Bertz CT molecular complexity index is 574. The number of amides is 2. The molecule has 1 aromatic carbocycles. The molecule has 2 rings (SSSR count). The minimum atomic E-state index is -0.632. The molecular formula is C19H26N2O4. The molecule has 0 bridgehead atoms. The zero-order valence-corrected chi connectivity index (χ0v) is 14.5. The van der Waals surface area contributed by atoms with E-state index >= 15 is 0 Å². The van der Waals surface area contributed by atoms with Crippen molar-refractivity contribution in [3.8, 4) is 0 Å². The molecule has 1 fully saturated rings. The Hall–Kier alpha value is -2.37. The van der Waals surface area contributed by atoms with Crippen molar-refractivity contribution in [1.29, 1.82) is 0 Å². The first-order chi connectivity index (χ1) is 12.1. The largest absolute Gasteiger partial charge is 0.459 e. The second-order valence-corrected chi connectivity index (χ2v) is 6.27. The van der Waals surface area contributed by atoms with E-state index in [9.17, 15) is 14.4 Å². The van der Waals surface area contributed by atoms with Crippen LogP contribution in [0.4, 0.5) is 0 Å². The normalized spacial score (nSPS) is 20.2. The summed E-state index contributed by atoms with van der Waals surface area (Å²) in [5.41, 5.74) is 0.912. The first kappa shape index (κ1) is 19.0. The average Bonchev–Trinajstić information content (AvgIpc) is 2.63. The molecule has 1 saturated heterocycles. The van der Waals surface area contributed by atoms with Gasteiger partial charge < -0.3 is 15.4 Å². The quantitative estimate of drug-likeness (QED) is 0.821. The van der Waals surface area contributed by atoms with Gasteiger partial charge in [0.25, 0.3) is 0 Å². The molecule has 1 heterocycles. The van der Waals surface area contributed by atoms with E-state index in [0.717, 1.165) is 18.4 Å². The Morgan fingerprint density at radius 3 is 2.48 bits per heavy atom. The zero-order valence-electron chi connectivity index (χ0n) is 14.5. The van der Waals surface area contributed by atoms with Gasteiger partial charge in [0.15, 0.2) is 0 Å². The first-order valence-corrected chi connectivity index (χ1v) is 8.92. The SMILES string of the molecule is O=C1CCCCC(=O)N[C@H](C(=O)OCc2ccccc2)CCCCN1. The fraction of sp³-hybridized carbons (Fsp3) is 0.526. The summed E-state index contributed by atoms with van der Waals surface area (Å²) >= 11 is 0. The van der Waals surface area contributed by atoms with Crippen molar-refractivity contribution in [1.82, 2.24) is 10.6 Å². The third-order valence-electron chi connectivity index (χ3n) is 4.14. The number of carbonyl (C=O) groups excluding carboxylic acids is 3. The van der Waals surface area contributed by atoms with E-state index in [1.807, 2.05) is 30.3 Å². The molecular weight excluding hydrogens is 320 g/mol. The maximum Gasteiger partial charge on any atom is 0.328 e. The summed E-state index contributed by atoms with van der Waals surface area (Å²) in [6.45, 7) is 0.792. The second kappa shape index (κ2) is 10.5. The first-order valence-electron chi connectivity index (χ1n) is 8.92. The van der Waals surface area contributed by atoms with Gasteiger partial charge in [-0.3, -0.25) is 9.59 Å². The molecule has 1 aliphatic rings. The smallest absolute Gasteiger partial charge is 0.328 e. The highest BCUT2D eigenvalue weighted by molar-refractivity contribution is 5.84. The van der Waals surface area contributed by atoms with Crippen LogP contribution in [-0.2, 0) is 25.7 Å². The van der Waals surface area contributed by atoms with Crippen LogP contribution >= 0.6 is 0 Å². The van der Waals surface area contributed by atoms with Crippen molar-refractivity contribution < 1.29 is 19.1 Å². The molecule has 6 nitrogen and oxygen atoms in total. The predicted molar refractivity (Wildman–Crippen MR) is 93.5 cm³/mol. The Kier molecular flexibility index (Phi) is 7.95. The van der Waals surface area contributed by atoms with E-state index in [1.165, 1.54) is 0 Å². The molecule has 0 aliphatic carbocycles. The van der Waals surface area contributed by atoms with Crippen molar-refractivity contribution in [3.05, 3.63) is 35.9 Å². The maximum atomic E-state index is 12.3.